The smallest absolute Gasteiger partial charge is 0.222 e. The number of aliphatic hydroxyl groups is 1. The Bertz CT molecular complexity index is 253. The second kappa shape index (κ2) is 9.35. The van der Waals surface area contributed by atoms with Crippen LogP contribution in [0, 0.1) is 0 Å². The largest absolute Gasteiger partial charge is 0.393 e. The molecule has 0 aromatic heterocycles. The molecule has 2 unspecified atom stereocenters. The normalized spacial score (nSPS) is 22.1. The van der Waals surface area contributed by atoms with Crippen LogP contribution in [-0.2, 0) is 4.79 Å². The first-order valence-electron chi connectivity index (χ1n) is 8.12. The molecule has 1 aliphatic rings. The molecule has 1 saturated heterocycles. The van der Waals surface area contributed by atoms with Crippen LogP contribution in [-0.4, -0.2) is 34.6 Å². The average Bonchev–Trinajstić information content (AvgIpc) is 2.59. The first-order valence-corrected chi connectivity index (χ1v) is 8.12. The molecule has 2 atom stereocenters. The number of carbonyl (C=O) groups excluding carboxylic acids is 1. The standard InChI is InChI=1S/C16H31NO2/c1-3-4-5-8-11-16(19)17-12-9-6-7-10-15(17)13-14(2)18/h14-15,18H,3-13H2,1-2H3. The molecule has 19 heavy (non-hydrogen) atoms. The van der Waals surface area contributed by atoms with Gasteiger partial charge in [0.1, 0.15) is 0 Å². The summed E-state index contributed by atoms with van der Waals surface area (Å²) in [4.78, 5) is 14.4. The molecule has 0 saturated carbocycles. The summed E-state index contributed by atoms with van der Waals surface area (Å²) in [7, 11) is 0. The molecule has 0 bridgehead atoms. The topological polar surface area (TPSA) is 40.5 Å². The van der Waals surface area contributed by atoms with Crippen molar-refractivity contribution in [1.29, 1.82) is 0 Å². The summed E-state index contributed by atoms with van der Waals surface area (Å²) in [6, 6.07) is 0.265. The van der Waals surface area contributed by atoms with Gasteiger partial charge in [0.2, 0.25) is 5.91 Å². The lowest BCUT2D eigenvalue weighted by molar-refractivity contribution is -0.134. The Morgan fingerprint density at radius 3 is 2.74 bits per heavy atom. The number of aliphatic hydroxyl groups excluding tert-OH is 1. The second-order valence-electron chi connectivity index (χ2n) is 5.99. The van der Waals surface area contributed by atoms with Crippen LogP contribution in [0.15, 0.2) is 0 Å². The zero-order chi connectivity index (χ0) is 14.1. The van der Waals surface area contributed by atoms with E-state index in [1.807, 2.05) is 6.92 Å². The lowest BCUT2D eigenvalue weighted by Crippen LogP contribution is -2.41. The third kappa shape index (κ3) is 6.42. The molecule has 1 aliphatic heterocycles. The van der Waals surface area contributed by atoms with E-state index in [0.29, 0.717) is 12.3 Å². The second-order valence-corrected chi connectivity index (χ2v) is 5.99. The first kappa shape index (κ1) is 16.5. The van der Waals surface area contributed by atoms with Gasteiger partial charge in [0.25, 0.3) is 0 Å². The fourth-order valence-corrected chi connectivity index (χ4v) is 2.99. The van der Waals surface area contributed by atoms with Crippen LogP contribution < -0.4 is 0 Å². The van der Waals surface area contributed by atoms with Crippen molar-refractivity contribution in [3.05, 3.63) is 0 Å². The van der Waals surface area contributed by atoms with Crippen molar-refractivity contribution in [1.82, 2.24) is 4.90 Å². The maximum absolute atomic E-state index is 12.4. The molecule has 1 N–H and O–H groups in total. The van der Waals surface area contributed by atoms with Gasteiger partial charge in [-0.05, 0) is 32.6 Å². The van der Waals surface area contributed by atoms with Gasteiger partial charge in [0.05, 0.1) is 6.10 Å². The zero-order valence-corrected chi connectivity index (χ0v) is 12.7. The van der Waals surface area contributed by atoms with Crippen LogP contribution >= 0.6 is 0 Å². The molecule has 1 rings (SSSR count). The summed E-state index contributed by atoms with van der Waals surface area (Å²) in [6.07, 6.45) is 10.3. The molecule has 1 heterocycles. The minimum absolute atomic E-state index is 0.265. The van der Waals surface area contributed by atoms with E-state index in [0.717, 1.165) is 38.6 Å². The number of hydrogen-bond donors (Lipinski definition) is 1. The molecule has 0 aromatic carbocycles. The van der Waals surface area contributed by atoms with E-state index < -0.39 is 0 Å². The van der Waals surface area contributed by atoms with E-state index in [1.54, 1.807) is 0 Å². The van der Waals surface area contributed by atoms with Crippen LogP contribution in [0.25, 0.3) is 0 Å². The number of carbonyl (C=O) groups is 1. The molecule has 3 nitrogen and oxygen atoms in total. The highest BCUT2D eigenvalue weighted by Crippen LogP contribution is 2.22. The monoisotopic (exact) mass is 269 g/mol. The number of unbranched alkanes of at least 4 members (excludes halogenated alkanes) is 3. The molecule has 1 fully saturated rings. The maximum Gasteiger partial charge on any atom is 0.222 e. The third-order valence-corrected chi connectivity index (χ3v) is 4.05. The molecule has 3 heteroatoms. The lowest BCUT2D eigenvalue weighted by atomic mass is 10.0. The van der Waals surface area contributed by atoms with Crippen LogP contribution in [0.3, 0.4) is 0 Å². The number of likely N-dealkylation sites (tertiary alicyclic amines) is 1. The van der Waals surface area contributed by atoms with Gasteiger partial charge in [-0.25, -0.2) is 0 Å². The summed E-state index contributed by atoms with van der Waals surface area (Å²) in [5, 5.41) is 9.60. The molecular formula is C16H31NO2. The van der Waals surface area contributed by atoms with Crippen molar-refractivity contribution in [3.63, 3.8) is 0 Å². The van der Waals surface area contributed by atoms with E-state index in [-0.39, 0.29) is 12.1 Å². The number of amides is 1. The minimum Gasteiger partial charge on any atom is -0.393 e. The van der Waals surface area contributed by atoms with Crippen LogP contribution in [0.5, 0.6) is 0 Å². The summed E-state index contributed by atoms with van der Waals surface area (Å²) >= 11 is 0. The number of nitrogens with zero attached hydrogens (tertiary/aromatic N) is 1. The Balaban J connectivity index is 2.45. The Hall–Kier alpha value is -0.570. The molecule has 0 spiro atoms. The molecule has 0 radical (unpaired) electrons. The summed E-state index contributed by atoms with van der Waals surface area (Å²) in [6.45, 7) is 4.91. The molecule has 1 amide bonds. The fourth-order valence-electron chi connectivity index (χ4n) is 2.99. The lowest BCUT2D eigenvalue weighted by Gasteiger charge is -2.31. The SMILES string of the molecule is CCCCCCC(=O)N1CCCCCC1CC(C)O. The van der Waals surface area contributed by atoms with Crippen molar-refractivity contribution in [2.24, 2.45) is 0 Å². The maximum atomic E-state index is 12.4. The van der Waals surface area contributed by atoms with Gasteiger partial charge >= 0.3 is 0 Å². The highest BCUT2D eigenvalue weighted by molar-refractivity contribution is 5.76. The number of rotatable bonds is 7. The third-order valence-electron chi connectivity index (χ3n) is 4.05. The zero-order valence-electron chi connectivity index (χ0n) is 12.7. The first-order chi connectivity index (χ1) is 9.15. The van der Waals surface area contributed by atoms with Crippen molar-refractivity contribution in [2.45, 2.75) is 90.2 Å². The average molecular weight is 269 g/mol. The van der Waals surface area contributed by atoms with Gasteiger partial charge in [-0.15, -0.1) is 0 Å². The van der Waals surface area contributed by atoms with E-state index in [9.17, 15) is 9.90 Å². The molecular weight excluding hydrogens is 238 g/mol. The highest BCUT2D eigenvalue weighted by atomic mass is 16.3. The van der Waals surface area contributed by atoms with Crippen LogP contribution in [0.4, 0.5) is 0 Å². The predicted octanol–water partition coefficient (Wildman–Crippen LogP) is 3.50. The van der Waals surface area contributed by atoms with Crippen LogP contribution in [0.1, 0.15) is 78.1 Å². The predicted molar refractivity (Wildman–Crippen MR) is 79.0 cm³/mol. The Kier molecular flexibility index (Phi) is 8.11. The van der Waals surface area contributed by atoms with Crippen molar-refractivity contribution < 1.29 is 9.90 Å². The van der Waals surface area contributed by atoms with E-state index in [4.69, 9.17) is 0 Å². The van der Waals surface area contributed by atoms with E-state index in [1.165, 1.54) is 25.7 Å². The minimum atomic E-state index is -0.307. The van der Waals surface area contributed by atoms with E-state index in [2.05, 4.69) is 11.8 Å². The summed E-state index contributed by atoms with van der Waals surface area (Å²) < 4.78 is 0. The molecule has 112 valence electrons. The van der Waals surface area contributed by atoms with Crippen molar-refractivity contribution in [3.8, 4) is 0 Å². The Morgan fingerprint density at radius 1 is 1.26 bits per heavy atom. The van der Waals surface area contributed by atoms with Gasteiger partial charge in [-0.1, -0.05) is 39.0 Å². The Morgan fingerprint density at radius 2 is 2.05 bits per heavy atom. The van der Waals surface area contributed by atoms with Crippen molar-refractivity contribution in [2.75, 3.05) is 6.54 Å². The van der Waals surface area contributed by atoms with Crippen molar-refractivity contribution >= 4 is 5.91 Å². The van der Waals surface area contributed by atoms with Crippen LogP contribution in [0.2, 0.25) is 0 Å². The van der Waals surface area contributed by atoms with E-state index >= 15 is 0 Å². The fraction of sp³-hybridized carbons (Fsp3) is 0.938. The van der Waals surface area contributed by atoms with Gasteiger partial charge < -0.3 is 10.0 Å². The van der Waals surface area contributed by atoms with Gasteiger partial charge in [-0.2, -0.15) is 0 Å². The molecule has 0 aliphatic carbocycles. The summed E-state index contributed by atoms with van der Waals surface area (Å²) in [5.41, 5.74) is 0. The Labute approximate surface area is 118 Å². The quantitative estimate of drug-likeness (QED) is 0.719. The summed E-state index contributed by atoms with van der Waals surface area (Å²) in [5.74, 6) is 0.309. The molecule has 0 aromatic rings. The van der Waals surface area contributed by atoms with Gasteiger partial charge in [-0.3, -0.25) is 4.79 Å². The van der Waals surface area contributed by atoms with Gasteiger partial charge in [0.15, 0.2) is 0 Å². The number of hydrogen-bond acceptors (Lipinski definition) is 2. The van der Waals surface area contributed by atoms with Gasteiger partial charge in [0, 0.05) is 19.0 Å². The highest BCUT2D eigenvalue weighted by Gasteiger charge is 2.25.